The van der Waals surface area contributed by atoms with Crippen LogP contribution in [-0.2, 0) is 4.79 Å². The molecular weight excluding hydrogens is 198 g/mol. The summed E-state index contributed by atoms with van der Waals surface area (Å²) in [5, 5.41) is 0. The normalized spacial score (nSPS) is 10.4. The van der Waals surface area contributed by atoms with Gasteiger partial charge in [-0.05, 0) is 12.8 Å². The van der Waals surface area contributed by atoms with Gasteiger partial charge in [0, 0.05) is 19.5 Å². The third kappa shape index (κ3) is 7.72. The van der Waals surface area contributed by atoms with Crippen molar-refractivity contribution in [2.24, 2.45) is 0 Å². The van der Waals surface area contributed by atoms with Crippen molar-refractivity contribution in [1.82, 2.24) is 4.90 Å². The first-order chi connectivity index (χ1) is 7.76. The maximum atomic E-state index is 11.6. The highest BCUT2D eigenvalue weighted by Crippen LogP contribution is 2.07. The Bertz CT molecular complexity index is 168. The van der Waals surface area contributed by atoms with E-state index in [2.05, 4.69) is 13.8 Å². The summed E-state index contributed by atoms with van der Waals surface area (Å²) in [6, 6.07) is 0. The van der Waals surface area contributed by atoms with Crippen molar-refractivity contribution in [2.75, 3.05) is 13.1 Å². The number of rotatable bonds is 10. The number of nitrogens with zero attached hydrogens (tertiary/aromatic N) is 1. The number of carbonyl (C=O) groups is 1. The monoisotopic (exact) mass is 227 g/mol. The minimum absolute atomic E-state index is 0.315. The van der Waals surface area contributed by atoms with Crippen LogP contribution in [0.4, 0.5) is 0 Å². The molecule has 16 heavy (non-hydrogen) atoms. The molecule has 0 aliphatic heterocycles. The summed E-state index contributed by atoms with van der Waals surface area (Å²) in [5.41, 5.74) is 0. The molecule has 0 aromatic heterocycles. The molecule has 0 heterocycles. The zero-order chi connectivity index (χ0) is 12.2. The Balaban J connectivity index is 3.56. The molecule has 0 saturated carbocycles. The molecule has 2 nitrogen and oxygen atoms in total. The predicted molar refractivity (Wildman–Crippen MR) is 70.5 cm³/mol. The molecule has 96 valence electrons. The van der Waals surface area contributed by atoms with E-state index in [1.807, 2.05) is 11.8 Å². The second-order valence-corrected chi connectivity index (χ2v) is 4.50. The second-order valence-electron chi connectivity index (χ2n) is 4.50. The van der Waals surface area contributed by atoms with Gasteiger partial charge in [0.25, 0.3) is 0 Å². The van der Waals surface area contributed by atoms with Crippen LogP contribution in [0.15, 0.2) is 0 Å². The number of unbranched alkanes of at least 4 members (excludes halogenated alkanes) is 5. The maximum absolute atomic E-state index is 11.6. The summed E-state index contributed by atoms with van der Waals surface area (Å²) in [7, 11) is 0. The van der Waals surface area contributed by atoms with Crippen molar-refractivity contribution in [1.29, 1.82) is 0 Å². The van der Waals surface area contributed by atoms with E-state index >= 15 is 0 Å². The van der Waals surface area contributed by atoms with E-state index in [1.54, 1.807) is 0 Å². The van der Waals surface area contributed by atoms with Crippen molar-refractivity contribution >= 4 is 5.91 Å². The Hall–Kier alpha value is -0.530. The van der Waals surface area contributed by atoms with E-state index in [9.17, 15) is 4.79 Å². The van der Waals surface area contributed by atoms with E-state index < -0.39 is 0 Å². The van der Waals surface area contributed by atoms with Crippen molar-refractivity contribution in [2.45, 2.75) is 72.1 Å². The minimum Gasteiger partial charge on any atom is -0.343 e. The maximum Gasteiger partial charge on any atom is 0.222 e. The van der Waals surface area contributed by atoms with Gasteiger partial charge in [-0.2, -0.15) is 0 Å². The highest BCUT2D eigenvalue weighted by Gasteiger charge is 2.08. The van der Waals surface area contributed by atoms with E-state index in [0.29, 0.717) is 12.3 Å². The van der Waals surface area contributed by atoms with Gasteiger partial charge in [-0.25, -0.2) is 0 Å². The van der Waals surface area contributed by atoms with Crippen LogP contribution < -0.4 is 0 Å². The van der Waals surface area contributed by atoms with Gasteiger partial charge in [-0.1, -0.05) is 52.9 Å². The lowest BCUT2D eigenvalue weighted by Crippen LogP contribution is -2.32. The molecule has 1 amide bonds. The van der Waals surface area contributed by atoms with Crippen molar-refractivity contribution in [3.63, 3.8) is 0 Å². The van der Waals surface area contributed by atoms with Crippen LogP contribution in [0.2, 0.25) is 0 Å². The summed E-state index contributed by atoms with van der Waals surface area (Å²) in [6.07, 6.45) is 9.51. The molecule has 0 aromatic rings. The van der Waals surface area contributed by atoms with E-state index in [0.717, 1.165) is 19.5 Å². The van der Waals surface area contributed by atoms with Gasteiger partial charge >= 0.3 is 0 Å². The molecule has 0 spiro atoms. The van der Waals surface area contributed by atoms with Gasteiger partial charge < -0.3 is 4.90 Å². The van der Waals surface area contributed by atoms with Crippen LogP contribution in [0.1, 0.15) is 72.1 Å². The van der Waals surface area contributed by atoms with Gasteiger partial charge in [0.15, 0.2) is 0 Å². The molecule has 0 aliphatic rings. The van der Waals surface area contributed by atoms with Crippen molar-refractivity contribution in [3.8, 4) is 0 Å². The predicted octanol–water partition coefficient (Wildman–Crippen LogP) is 4.00. The standard InChI is InChI=1S/C14H29NO/c1-4-7-8-9-10-11-13-15(12-5-2)14(16)6-3/h4-13H2,1-3H3. The van der Waals surface area contributed by atoms with Crippen LogP contribution in [0.3, 0.4) is 0 Å². The molecule has 0 fully saturated rings. The van der Waals surface area contributed by atoms with Gasteiger partial charge in [-0.3, -0.25) is 4.79 Å². The molecule has 0 unspecified atom stereocenters. The molecule has 0 atom stereocenters. The third-order valence-corrected chi connectivity index (χ3v) is 2.93. The summed E-state index contributed by atoms with van der Waals surface area (Å²) in [4.78, 5) is 13.6. The number of carbonyl (C=O) groups excluding carboxylic acids is 1. The van der Waals surface area contributed by atoms with Crippen molar-refractivity contribution in [3.05, 3.63) is 0 Å². The number of hydrogen-bond acceptors (Lipinski definition) is 1. The van der Waals surface area contributed by atoms with E-state index in [4.69, 9.17) is 0 Å². The molecule has 0 rings (SSSR count). The largest absolute Gasteiger partial charge is 0.343 e. The van der Waals surface area contributed by atoms with Crippen LogP contribution in [0.25, 0.3) is 0 Å². The highest BCUT2D eigenvalue weighted by atomic mass is 16.2. The summed E-state index contributed by atoms with van der Waals surface area (Å²) in [6.45, 7) is 8.22. The summed E-state index contributed by atoms with van der Waals surface area (Å²) < 4.78 is 0. The molecular formula is C14H29NO. The third-order valence-electron chi connectivity index (χ3n) is 2.93. The molecule has 0 N–H and O–H groups in total. The first-order valence-electron chi connectivity index (χ1n) is 7.04. The highest BCUT2D eigenvalue weighted by molar-refractivity contribution is 5.75. The lowest BCUT2D eigenvalue weighted by Gasteiger charge is -2.21. The van der Waals surface area contributed by atoms with E-state index in [-0.39, 0.29) is 0 Å². The lowest BCUT2D eigenvalue weighted by atomic mass is 10.1. The van der Waals surface area contributed by atoms with Gasteiger partial charge in [0.05, 0.1) is 0 Å². The zero-order valence-corrected chi connectivity index (χ0v) is 11.4. The quantitative estimate of drug-likeness (QED) is 0.517. The SMILES string of the molecule is CCCCCCCCN(CCC)C(=O)CC. The number of amides is 1. The van der Waals surface area contributed by atoms with E-state index in [1.165, 1.54) is 38.5 Å². The van der Waals surface area contributed by atoms with Gasteiger partial charge in [-0.15, -0.1) is 0 Å². The minimum atomic E-state index is 0.315. The second kappa shape index (κ2) is 11.0. The summed E-state index contributed by atoms with van der Waals surface area (Å²) in [5.74, 6) is 0.315. The zero-order valence-electron chi connectivity index (χ0n) is 11.4. The first-order valence-corrected chi connectivity index (χ1v) is 7.04. The van der Waals surface area contributed by atoms with Crippen LogP contribution in [0, 0.1) is 0 Å². The average molecular weight is 227 g/mol. The van der Waals surface area contributed by atoms with Crippen LogP contribution in [0.5, 0.6) is 0 Å². The Morgan fingerprint density at radius 1 is 0.812 bits per heavy atom. The fourth-order valence-corrected chi connectivity index (χ4v) is 1.94. The Kier molecular flexibility index (Phi) is 10.6. The number of hydrogen-bond donors (Lipinski definition) is 0. The van der Waals surface area contributed by atoms with Gasteiger partial charge in [0.2, 0.25) is 5.91 Å². The van der Waals surface area contributed by atoms with Gasteiger partial charge in [0.1, 0.15) is 0 Å². The van der Waals surface area contributed by atoms with Crippen LogP contribution >= 0.6 is 0 Å². The fraction of sp³-hybridized carbons (Fsp3) is 0.929. The molecule has 0 aliphatic carbocycles. The van der Waals surface area contributed by atoms with Crippen molar-refractivity contribution < 1.29 is 4.79 Å². The Labute approximate surface area is 101 Å². The lowest BCUT2D eigenvalue weighted by molar-refractivity contribution is -0.131. The molecule has 0 saturated heterocycles. The molecule has 0 aromatic carbocycles. The molecule has 0 radical (unpaired) electrons. The Morgan fingerprint density at radius 2 is 1.44 bits per heavy atom. The van der Waals surface area contributed by atoms with Crippen LogP contribution in [-0.4, -0.2) is 23.9 Å². The summed E-state index contributed by atoms with van der Waals surface area (Å²) >= 11 is 0. The molecule has 2 heteroatoms. The smallest absolute Gasteiger partial charge is 0.222 e. The fourth-order valence-electron chi connectivity index (χ4n) is 1.94. The molecule has 0 bridgehead atoms. The average Bonchev–Trinajstić information content (AvgIpc) is 2.31. The first kappa shape index (κ1) is 15.5. The topological polar surface area (TPSA) is 20.3 Å². The Morgan fingerprint density at radius 3 is 2.00 bits per heavy atom.